The number of rotatable bonds is 4. The normalized spacial score (nSPS) is 10.7. The maximum absolute atomic E-state index is 11.9. The summed E-state index contributed by atoms with van der Waals surface area (Å²) >= 11 is 0. The number of amides is 1. The van der Waals surface area contributed by atoms with Crippen LogP contribution in [0.2, 0.25) is 0 Å². The summed E-state index contributed by atoms with van der Waals surface area (Å²) in [5, 5.41) is 20.9. The van der Waals surface area contributed by atoms with Crippen LogP contribution in [-0.2, 0) is 11.3 Å². The number of nitrogens with one attached hydrogen (secondary N) is 1. The van der Waals surface area contributed by atoms with Crippen molar-refractivity contribution in [2.24, 2.45) is 0 Å². The van der Waals surface area contributed by atoms with E-state index >= 15 is 0 Å². The van der Waals surface area contributed by atoms with E-state index in [-0.39, 0.29) is 11.3 Å². The van der Waals surface area contributed by atoms with Crippen LogP contribution in [0.15, 0.2) is 54.4 Å². The highest BCUT2D eigenvalue weighted by Gasteiger charge is 2.08. The summed E-state index contributed by atoms with van der Waals surface area (Å²) in [4.78, 5) is 15.9. The molecule has 0 saturated heterocycles. The van der Waals surface area contributed by atoms with Crippen LogP contribution < -0.4 is 5.32 Å². The van der Waals surface area contributed by atoms with Crippen LogP contribution in [0.3, 0.4) is 0 Å². The maximum atomic E-state index is 11.9. The van der Waals surface area contributed by atoms with Gasteiger partial charge in [-0.15, -0.1) is 0 Å². The Morgan fingerprint density at radius 1 is 1.33 bits per heavy atom. The van der Waals surface area contributed by atoms with E-state index in [0.29, 0.717) is 12.1 Å². The Bertz CT molecular complexity index is 686. The first-order valence-corrected chi connectivity index (χ1v) is 6.27. The number of nitriles is 1. The molecule has 0 atom stereocenters. The highest BCUT2D eigenvalue weighted by atomic mass is 16.3. The molecule has 0 unspecified atom stereocenters. The number of phenols is 1. The predicted molar refractivity (Wildman–Crippen MR) is 77.8 cm³/mol. The average Bonchev–Trinajstić information content (AvgIpc) is 2.53. The SMILES string of the molecule is N#C/C(=C/c1ccc(O)cc1)C(=O)NCc1cccnc1. The zero-order chi connectivity index (χ0) is 15.1. The molecule has 0 aliphatic rings. The van der Waals surface area contributed by atoms with E-state index in [1.165, 1.54) is 18.2 Å². The molecule has 0 saturated carbocycles. The maximum Gasteiger partial charge on any atom is 0.262 e. The van der Waals surface area contributed by atoms with Gasteiger partial charge in [0.2, 0.25) is 0 Å². The minimum Gasteiger partial charge on any atom is -0.508 e. The Morgan fingerprint density at radius 2 is 2.10 bits per heavy atom. The van der Waals surface area contributed by atoms with Crippen molar-refractivity contribution in [3.05, 3.63) is 65.5 Å². The Kier molecular flexibility index (Phi) is 4.67. The number of nitrogens with zero attached hydrogens (tertiary/aromatic N) is 2. The van der Waals surface area contributed by atoms with Gasteiger partial charge in [-0.05, 0) is 35.4 Å². The number of pyridine rings is 1. The fourth-order valence-corrected chi connectivity index (χ4v) is 1.67. The molecule has 1 heterocycles. The lowest BCUT2D eigenvalue weighted by Gasteiger charge is -2.04. The lowest BCUT2D eigenvalue weighted by molar-refractivity contribution is -0.117. The van der Waals surface area contributed by atoms with Gasteiger partial charge in [0.25, 0.3) is 5.91 Å². The number of aromatic nitrogens is 1. The molecule has 5 nitrogen and oxygen atoms in total. The summed E-state index contributed by atoms with van der Waals surface area (Å²) in [6, 6.07) is 11.7. The molecule has 0 aliphatic carbocycles. The van der Waals surface area contributed by atoms with E-state index in [2.05, 4.69) is 10.3 Å². The number of benzene rings is 1. The molecule has 0 fully saturated rings. The number of aromatic hydroxyl groups is 1. The first kappa shape index (κ1) is 14.3. The summed E-state index contributed by atoms with van der Waals surface area (Å²) in [6.45, 7) is 0.307. The molecule has 1 aromatic carbocycles. The van der Waals surface area contributed by atoms with Crippen molar-refractivity contribution in [1.82, 2.24) is 10.3 Å². The van der Waals surface area contributed by atoms with Crippen LogP contribution in [0.4, 0.5) is 0 Å². The highest BCUT2D eigenvalue weighted by molar-refractivity contribution is 6.01. The van der Waals surface area contributed by atoms with Gasteiger partial charge in [-0.25, -0.2) is 0 Å². The molecule has 1 aromatic heterocycles. The molecule has 2 N–H and O–H groups in total. The van der Waals surface area contributed by atoms with E-state index in [1.54, 1.807) is 30.6 Å². The average molecular weight is 279 g/mol. The van der Waals surface area contributed by atoms with Crippen molar-refractivity contribution in [1.29, 1.82) is 5.26 Å². The van der Waals surface area contributed by atoms with Gasteiger partial charge in [0.05, 0.1) is 0 Å². The summed E-state index contributed by atoms with van der Waals surface area (Å²) in [7, 11) is 0. The summed E-state index contributed by atoms with van der Waals surface area (Å²) < 4.78 is 0. The molecule has 2 rings (SSSR count). The van der Waals surface area contributed by atoms with E-state index < -0.39 is 5.91 Å². The van der Waals surface area contributed by atoms with E-state index in [4.69, 9.17) is 5.26 Å². The number of hydrogen-bond acceptors (Lipinski definition) is 4. The van der Waals surface area contributed by atoms with Crippen molar-refractivity contribution in [2.75, 3.05) is 0 Å². The van der Waals surface area contributed by atoms with Gasteiger partial charge in [0.1, 0.15) is 17.4 Å². The Labute approximate surface area is 122 Å². The van der Waals surface area contributed by atoms with E-state index in [9.17, 15) is 9.90 Å². The molecule has 21 heavy (non-hydrogen) atoms. The Morgan fingerprint density at radius 3 is 2.71 bits per heavy atom. The van der Waals surface area contributed by atoms with Crippen molar-refractivity contribution < 1.29 is 9.90 Å². The summed E-state index contributed by atoms with van der Waals surface area (Å²) in [5.74, 6) is -0.318. The number of phenolic OH excluding ortho intramolecular Hbond substituents is 1. The molecule has 5 heteroatoms. The standard InChI is InChI=1S/C16H13N3O2/c17-9-14(8-12-3-5-15(20)6-4-12)16(21)19-11-13-2-1-7-18-10-13/h1-8,10,20H,11H2,(H,19,21)/b14-8-. The van der Waals surface area contributed by atoms with Gasteiger partial charge in [-0.1, -0.05) is 18.2 Å². The number of carbonyl (C=O) groups excluding carboxylic acids is 1. The van der Waals surface area contributed by atoms with E-state index in [1.807, 2.05) is 12.1 Å². The van der Waals surface area contributed by atoms with Crippen molar-refractivity contribution in [3.8, 4) is 11.8 Å². The molecule has 0 aliphatic heterocycles. The third-order valence-electron chi connectivity index (χ3n) is 2.75. The molecular weight excluding hydrogens is 266 g/mol. The third kappa shape index (κ3) is 4.18. The second-order valence-electron chi connectivity index (χ2n) is 4.31. The van der Waals surface area contributed by atoms with Crippen LogP contribution in [0.25, 0.3) is 6.08 Å². The van der Waals surface area contributed by atoms with Crippen LogP contribution in [0.1, 0.15) is 11.1 Å². The zero-order valence-electron chi connectivity index (χ0n) is 11.2. The lowest BCUT2D eigenvalue weighted by atomic mass is 10.1. The Hall–Kier alpha value is -3.13. The second kappa shape index (κ2) is 6.87. The molecule has 0 radical (unpaired) electrons. The molecule has 1 amide bonds. The topological polar surface area (TPSA) is 86.0 Å². The van der Waals surface area contributed by atoms with Crippen LogP contribution >= 0.6 is 0 Å². The lowest BCUT2D eigenvalue weighted by Crippen LogP contribution is -2.23. The van der Waals surface area contributed by atoms with Gasteiger partial charge in [0.15, 0.2) is 0 Å². The molecule has 0 bridgehead atoms. The quantitative estimate of drug-likeness (QED) is 0.662. The molecule has 0 spiro atoms. The fraction of sp³-hybridized carbons (Fsp3) is 0.0625. The van der Waals surface area contributed by atoms with Gasteiger partial charge in [-0.3, -0.25) is 9.78 Å². The first-order valence-electron chi connectivity index (χ1n) is 6.27. The number of hydrogen-bond donors (Lipinski definition) is 2. The fourth-order valence-electron chi connectivity index (χ4n) is 1.67. The minimum atomic E-state index is -0.450. The highest BCUT2D eigenvalue weighted by Crippen LogP contribution is 2.12. The second-order valence-corrected chi connectivity index (χ2v) is 4.31. The van der Waals surface area contributed by atoms with Gasteiger partial charge >= 0.3 is 0 Å². The Balaban J connectivity index is 2.05. The summed E-state index contributed by atoms with van der Waals surface area (Å²) in [6.07, 6.45) is 4.77. The summed E-state index contributed by atoms with van der Waals surface area (Å²) in [5.41, 5.74) is 1.53. The van der Waals surface area contributed by atoms with Crippen molar-refractivity contribution in [2.45, 2.75) is 6.54 Å². The number of carbonyl (C=O) groups is 1. The van der Waals surface area contributed by atoms with Crippen LogP contribution in [-0.4, -0.2) is 16.0 Å². The first-order chi connectivity index (χ1) is 10.2. The van der Waals surface area contributed by atoms with Crippen molar-refractivity contribution >= 4 is 12.0 Å². The van der Waals surface area contributed by atoms with Crippen LogP contribution in [0.5, 0.6) is 5.75 Å². The molecular formula is C16H13N3O2. The van der Waals surface area contributed by atoms with Gasteiger partial charge < -0.3 is 10.4 Å². The zero-order valence-corrected chi connectivity index (χ0v) is 11.2. The third-order valence-corrected chi connectivity index (χ3v) is 2.75. The largest absolute Gasteiger partial charge is 0.508 e. The molecule has 104 valence electrons. The van der Waals surface area contributed by atoms with Crippen LogP contribution in [0, 0.1) is 11.3 Å². The smallest absolute Gasteiger partial charge is 0.262 e. The van der Waals surface area contributed by atoms with E-state index in [0.717, 1.165) is 5.56 Å². The monoisotopic (exact) mass is 279 g/mol. The predicted octanol–water partition coefficient (Wildman–Crippen LogP) is 2.01. The van der Waals surface area contributed by atoms with Crippen molar-refractivity contribution in [3.63, 3.8) is 0 Å². The molecule has 2 aromatic rings. The minimum absolute atomic E-state index is 0.00424. The van der Waals surface area contributed by atoms with Gasteiger partial charge in [0, 0.05) is 18.9 Å². The van der Waals surface area contributed by atoms with Gasteiger partial charge in [-0.2, -0.15) is 5.26 Å².